The Labute approximate surface area is 225 Å². The van der Waals surface area contributed by atoms with Crippen LogP contribution in [0, 0.1) is 11.8 Å². The molecule has 0 aromatic carbocycles. The number of hydrogen-bond donors (Lipinski definition) is 2. The van der Waals surface area contributed by atoms with Crippen LogP contribution in [0.3, 0.4) is 0 Å². The van der Waals surface area contributed by atoms with Gasteiger partial charge in [0.15, 0.2) is 11.3 Å². The molecule has 1 saturated carbocycles. The maximum atomic E-state index is 13.9. The average Bonchev–Trinajstić information content (AvgIpc) is 3.60. The topological polar surface area (TPSA) is 114 Å². The first-order valence-corrected chi connectivity index (χ1v) is 12.5. The number of nitrogens with one attached hydrogen (secondary N) is 2. The summed E-state index contributed by atoms with van der Waals surface area (Å²) in [6.45, 7) is 0. The van der Waals surface area contributed by atoms with Crippen molar-refractivity contribution in [1.29, 1.82) is 0 Å². The molecule has 5 rings (SSSR count). The van der Waals surface area contributed by atoms with Crippen LogP contribution in [0.1, 0.15) is 65.5 Å². The molecule has 222 valence electrons. The Morgan fingerprint density at radius 2 is 1.90 bits per heavy atom. The molecule has 1 aliphatic heterocycles. The fraction of sp³-hybridized carbons (Fsp3) is 0.542. The molecule has 0 radical (unpaired) electrons. The zero-order valence-electron chi connectivity index (χ0n) is 20.9. The van der Waals surface area contributed by atoms with Gasteiger partial charge < -0.3 is 15.2 Å². The predicted octanol–water partition coefficient (Wildman–Crippen LogP) is 4.64. The van der Waals surface area contributed by atoms with Gasteiger partial charge in [-0.25, -0.2) is 18.3 Å². The lowest BCUT2D eigenvalue weighted by Gasteiger charge is -2.33. The molecule has 4 heterocycles. The van der Waals surface area contributed by atoms with Crippen LogP contribution in [0.5, 0.6) is 0 Å². The highest BCUT2D eigenvalue weighted by atomic mass is 19.4. The number of fused-ring (bicyclic) bond motifs is 1. The van der Waals surface area contributed by atoms with Gasteiger partial charge in [-0.1, -0.05) is 5.16 Å². The maximum absolute atomic E-state index is 13.9. The molecule has 3 atom stereocenters. The molecule has 41 heavy (non-hydrogen) atoms. The highest BCUT2D eigenvalue weighted by Gasteiger charge is 2.48. The number of hydrogen-bond acceptors (Lipinski definition) is 6. The molecule has 0 bridgehead atoms. The van der Waals surface area contributed by atoms with E-state index in [0.717, 1.165) is 0 Å². The Morgan fingerprint density at radius 3 is 2.54 bits per heavy atom. The summed E-state index contributed by atoms with van der Waals surface area (Å²) >= 11 is 0. The fourth-order valence-electron chi connectivity index (χ4n) is 5.26. The third-order valence-electron chi connectivity index (χ3n) is 7.40. The second-order valence-electron chi connectivity index (χ2n) is 10.3. The minimum Gasteiger partial charge on any atom is -0.363 e. The summed E-state index contributed by atoms with van der Waals surface area (Å²) < 4.78 is 112. The van der Waals surface area contributed by atoms with Gasteiger partial charge in [-0.05, 0) is 43.2 Å². The van der Waals surface area contributed by atoms with Crippen molar-refractivity contribution in [2.24, 2.45) is 11.8 Å². The lowest BCUT2D eigenvalue weighted by Crippen LogP contribution is -2.38. The van der Waals surface area contributed by atoms with Crippen molar-refractivity contribution in [1.82, 2.24) is 30.4 Å². The van der Waals surface area contributed by atoms with Crippen molar-refractivity contribution in [3.05, 3.63) is 47.2 Å². The highest BCUT2D eigenvalue weighted by Crippen LogP contribution is 2.42. The number of rotatable bonds is 6. The Balaban J connectivity index is 1.40. The lowest BCUT2D eigenvalue weighted by atomic mass is 9.81. The largest absolute Gasteiger partial charge is 0.437 e. The van der Waals surface area contributed by atoms with Gasteiger partial charge in [-0.3, -0.25) is 9.59 Å². The standard InChI is InChI=1S/C24H22F8N6O3/c25-22(26)3-1-12(2-4-22)18(36-21(40)14-10-41-37-19(14)24(30,31)32)15-9-38-17(34-15)6-11(8-33-38)5-13-7-16(23(27,28)29)35-20(13)39/h6,8-10,12-13,16,18H,1-5,7H2,(H,35,39)(H,36,40)/t13?,16-,18-/m0/s1. The second kappa shape index (κ2) is 10.2. The predicted molar refractivity (Wildman–Crippen MR) is 121 cm³/mol. The molecular formula is C24H22F8N6O3. The molecule has 0 spiro atoms. The first kappa shape index (κ1) is 28.7. The Hall–Kier alpha value is -3.79. The van der Waals surface area contributed by atoms with E-state index in [1.54, 1.807) is 0 Å². The Bertz CT molecular complexity index is 1440. The SMILES string of the molecule is O=C(N[C@H](c1cn2ncc(CC3C[C@@H](C(F)(F)F)NC3=O)cc2n1)C1CCC(F)(F)CC1)c1conc1C(F)(F)F. The van der Waals surface area contributed by atoms with Crippen LogP contribution in [0.15, 0.2) is 29.2 Å². The van der Waals surface area contributed by atoms with Crippen LogP contribution in [0.4, 0.5) is 35.1 Å². The monoisotopic (exact) mass is 594 g/mol. The molecule has 2 N–H and O–H groups in total. The molecule has 1 aliphatic carbocycles. The molecule has 2 aliphatic rings. The van der Waals surface area contributed by atoms with Gasteiger partial charge in [0.2, 0.25) is 11.8 Å². The summed E-state index contributed by atoms with van der Waals surface area (Å²) in [4.78, 5) is 29.4. The smallest absolute Gasteiger partial charge is 0.363 e. The molecule has 17 heteroatoms. The van der Waals surface area contributed by atoms with E-state index in [9.17, 15) is 44.7 Å². The quantitative estimate of drug-likeness (QED) is 0.402. The summed E-state index contributed by atoms with van der Waals surface area (Å²) in [6.07, 6.45) is -7.95. The maximum Gasteiger partial charge on any atom is 0.437 e. The van der Waals surface area contributed by atoms with E-state index in [1.165, 1.54) is 23.0 Å². The molecule has 9 nitrogen and oxygen atoms in total. The van der Waals surface area contributed by atoms with Crippen LogP contribution in [0.25, 0.3) is 5.65 Å². The zero-order chi connectivity index (χ0) is 29.7. The van der Waals surface area contributed by atoms with E-state index in [4.69, 9.17) is 0 Å². The third-order valence-corrected chi connectivity index (χ3v) is 7.40. The third kappa shape index (κ3) is 6.12. The molecule has 2 fully saturated rings. The molecular weight excluding hydrogens is 572 g/mol. The van der Waals surface area contributed by atoms with Gasteiger partial charge in [0.1, 0.15) is 17.9 Å². The molecule has 1 unspecified atom stereocenters. The highest BCUT2D eigenvalue weighted by molar-refractivity contribution is 5.95. The summed E-state index contributed by atoms with van der Waals surface area (Å²) in [5, 5.41) is 11.4. The van der Waals surface area contributed by atoms with Gasteiger partial charge in [0.05, 0.1) is 24.1 Å². The minimum atomic E-state index is -4.98. The summed E-state index contributed by atoms with van der Waals surface area (Å²) in [5.74, 6) is -6.44. The number of carbonyl (C=O) groups excluding carboxylic acids is 2. The van der Waals surface area contributed by atoms with Gasteiger partial charge in [0.25, 0.3) is 5.91 Å². The van der Waals surface area contributed by atoms with Crippen LogP contribution in [0.2, 0.25) is 0 Å². The summed E-state index contributed by atoms with van der Waals surface area (Å²) in [6, 6.07) is -1.57. The van der Waals surface area contributed by atoms with Crippen molar-refractivity contribution >= 4 is 17.5 Å². The minimum absolute atomic E-state index is 0.0581. The summed E-state index contributed by atoms with van der Waals surface area (Å²) in [5.41, 5.74) is -1.74. The second-order valence-corrected chi connectivity index (χ2v) is 10.3. The van der Waals surface area contributed by atoms with Gasteiger partial charge in [-0.15, -0.1) is 0 Å². The molecule has 3 aromatic rings. The van der Waals surface area contributed by atoms with E-state index < -0.39 is 84.5 Å². The number of nitrogens with zero attached hydrogens (tertiary/aromatic N) is 4. The van der Waals surface area contributed by atoms with E-state index in [0.29, 0.717) is 11.8 Å². The Kier molecular flexibility index (Phi) is 7.18. The molecule has 1 saturated heterocycles. The first-order chi connectivity index (χ1) is 19.1. The summed E-state index contributed by atoms with van der Waals surface area (Å²) in [7, 11) is 0. The fourth-order valence-corrected chi connectivity index (χ4v) is 5.26. The average molecular weight is 594 g/mol. The van der Waals surface area contributed by atoms with Gasteiger partial charge >= 0.3 is 12.4 Å². The Morgan fingerprint density at radius 1 is 1.20 bits per heavy atom. The van der Waals surface area contributed by atoms with Crippen molar-refractivity contribution in [2.45, 2.75) is 68.9 Å². The van der Waals surface area contributed by atoms with E-state index >= 15 is 0 Å². The van der Waals surface area contributed by atoms with Gasteiger partial charge in [0, 0.05) is 18.8 Å². The van der Waals surface area contributed by atoms with Crippen molar-refractivity contribution in [3.63, 3.8) is 0 Å². The zero-order valence-corrected chi connectivity index (χ0v) is 20.9. The number of halogens is 8. The van der Waals surface area contributed by atoms with E-state index in [2.05, 4.69) is 25.1 Å². The normalized spacial score (nSPS) is 22.6. The number of aromatic nitrogens is 4. The number of alkyl halides is 8. The van der Waals surface area contributed by atoms with E-state index in [1.807, 2.05) is 5.32 Å². The molecule has 3 aromatic heterocycles. The molecule has 2 amide bonds. The van der Waals surface area contributed by atoms with Crippen molar-refractivity contribution in [3.8, 4) is 0 Å². The van der Waals surface area contributed by atoms with Crippen LogP contribution < -0.4 is 10.6 Å². The number of amides is 2. The van der Waals surface area contributed by atoms with E-state index in [-0.39, 0.29) is 30.6 Å². The van der Waals surface area contributed by atoms with Crippen LogP contribution in [-0.2, 0) is 17.4 Å². The van der Waals surface area contributed by atoms with Crippen molar-refractivity contribution in [2.75, 3.05) is 0 Å². The number of carbonyl (C=O) groups is 2. The first-order valence-electron chi connectivity index (χ1n) is 12.5. The van der Waals surface area contributed by atoms with Crippen LogP contribution in [-0.4, -0.2) is 49.7 Å². The van der Waals surface area contributed by atoms with Gasteiger partial charge in [-0.2, -0.15) is 31.4 Å². The lowest BCUT2D eigenvalue weighted by molar-refractivity contribution is -0.155. The van der Waals surface area contributed by atoms with Crippen molar-refractivity contribution < 1.29 is 49.2 Å². The van der Waals surface area contributed by atoms with Crippen LogP contribution >= 0.6 is 0 Å². The number of imidazole rings is 1.